The van der Waals surface area contributed by atoms with Gasteiger partial charge in [0, 0.05) is 11.9 Å². The zero-order valence-electron chi connectivity index (χ0n) is 12.7. The number of rotatable bonds is 3. The second-order valence-corrected chi connectivity index (χ2v) is 7.02. The van der Waals surface area contributed by atoms with E-state index in [0.717, 1.165) is 0 Å². The molecule has 0 saturated heterocycles. The van der Waals surface area contributed by atoms with Crippen molar-refractivity contribution in [3.8, 4) is 0 Å². The van der Waals surface area contributed by atoms with Gasteiger partial charge in [0.25, 0.3) is 11.5 Å². The summed E-state index contributed by atoms with van der Waals surface area (Å²) in [5, 5.41) is 4.87. The highest BCUT2D eigenvalue weighted by atomic mass is 35.5. The van der Waals surface area contributed by atoms with Crippen LogP contribution >= 0.6 is 23.2 Å². The molecule has 0 radical (unpaired) electrons. The van der Waals surface area contributed by atoms with Crippen molar-refractivity contribution < 1.29 is 9.59 Å². The van der Waals surface area contributed by atoms with Crippen LogP contribution in [0.2, 0.25) is 0 Å². The number of hydrogen-bond donors (Lipinski definition) is 2. The first-order valence-electron chi connectivity index (χ1n) is 7.33. The summed E-state index contributed by atoms with van der Waals surface area (Å²) in [6.45, 7) is 2.07. The molecule has 2 amide bonds. The largest absolute Gasteiger partial charge is 0.290 e. The molecule has 126 valence electrons. The number of aromatic nitrogens is 2. The Hall–Kier alpha value is -2.12. The van der Waals surface area contributed by atoms with Gasteiger partial charge in [-0.15, -0.1) is 23.2 Å². The Morgan fingerprint density at radius 1 is 1.29 bits per heavy atom. The normalized spacial score (nSPS) is 18.2. The third kappa shape index (κ3) is 2.97. The number of nitrogens with one attached hydrogen (secondary N) is 2. The summed E-state index contributed by atoms with van der Waals surface area (Å²) in [4.78, 5) is 36.4. The predicted octanol–water partition coefficient (Wildman–Crippen LogP) is 1.37. The standard InChI is InChI=1S/C15H14Cl2N4O3/c1-2-21-14(24)9-6-4-3-5-8(9)11(20-21)13(23)19-18-12(22)10-7-15(10,16)17/h3-6,10H,2,7H2,1H3,(H,18,22)(H,19,23)/t10-/m1/s1. The number of nitrogens with zero attached hydrogens (tertiary/aromatic N) is 2. The van der Waals surface area contributed by atoms with Gasteiger partial charge in [-0.3, -0.25) is 25.2 Å². The number of hydrogen-bond acceptors (Lipinski definition) is 4. The maximum absolute atomic E-state index is 12.4. The second kappa shape index (κ2) is 6.07. The van der Waals surface area contributed by atoms with Gasteiger partial charge in [0.05, 0.1) is 11.3 Å². The Balaban J connectivity index is 1.86. The summed E-state index contributed by atoms with van der Waals surface area (Å²) in [6, 6.07) is 6.67. The lowest BCUT2D eigenvalue weighted by atomic mass is 10.1. The first-order chi connectivity index (χ1) is 11.3. The minimum atomic E-state index is -1.07. The van der Waals surface area contributed by atoms with Crippen molar-refractivity contribution in [2.24, 2.45) is 5.92 Å². The number of halogens is 2. The third-order valence-corrected chi connectivity index (χ3v) is 4.66. The van der Waals surface area contributed by atoms with Crippen molar-refractivity contribution in [3.63, 3.8) is 0 Å². The molecule has 1 aromatic carbocycles. The quantitative estimate of drug-likeness (QED) is 0.631. The topological polar surface area (TPSA) is 93.1 Å². The van der Waals surface area contributed by atoms with E-state index >= 15 is 0 Å². The second-order valence-electron chi connectivity index (χ2n) is 5.48. The molecule has 2 N–H and O–H groups in total. The van der Waals surface area contributed by atoms with Gasteiger partial charge in [0.2, 0.25) is 5.91 Å². The maximum Gasteiger partial charge on any atom is 0.290 e. The molecular weight excluding hydrogens is 355 g/mol. The summed E-state index contributed by atoms with van der Waals surface area (Å²) in [7, 11) is 0. The highest BCUT2D eigenvalue weighted by Crippen LogP contribution is 2.53. The molecule has 2 aromatic rings. The summed E-state index contributed by atoms with van der Waals surface area (Å²) in [5.41, 5.74) is 4.34. The van der Waals surface area contributed by atoms with Crippen LogP contribution in [0.5, 0.6) is 0 Å². The van der Waals surface area contributed by atoms with Crippen LogP contribution in [0.1, 0.15) is 23.8 Å². The molecule has 0 spiro atoms. The number of benzene rings is 1. The van der Waals surface area contributed by atoms with E-state index in [9.17, 15) is 14.4 Å². The predicted molar refractivity (Wildman–Crippen MR) is 89.8 cm³/mol. The van der Waals surface area contributed by atoms with Crippen molar-refractivity contribution in [2.45, 2.75) is 24.2 Å². The molecular formula is C15H14Cl2N4O3. The van der Waals surface area contributed by atoms with Crippen LogP contribution < -0.4 is 16.4 Å². The summed E-state index contributed by atoms with van der Waals surface area (Å²) < 4.78 is 0.123. The van der Waals surface area contributed by atoms with Gasteiger partial charge in [0.1, 0.15) is 4.33 Å². The zero-order valence-corrected chi connectivity index (χ0v) is 14.2. The molecule has 1 aliphatic rings. The molecule has 1 saturated carbocycles. The fourth-order valence-corrected chi connectivity index (χ4v) is 2.89. The van der Waals surface area contributed by atoms with Crippen molar-refractivity contribution in [1.29, 1.82) is 0 Å². The van der Waals surface area contributed by atoms with Gasteiger partial charge in [-0.05, 0) is 19.4 Å². The first-order valence-corrected chi connectivity index (χ1v) is 8.08. The Kier molecular flexibility index (Phi) is 4.23. The fraction of sp³-hybridized carbons (Fsp3) is 0.333. The van der Waals surface area contributed by atoms with Crippen molar-refractivity contribution >= 4 is 45.8 Å². The molecule has 1 heterocycles. The number of aryl methyl sites for hydroxylation is 1. The van der Waals surface area contributed by atoms with Crippen LogP contribution in [0.25, 0.3) is 10.8 Å². The van der Waals surface area contributed by atoms with Gasteiger partial charge < -0.3 is 0 Å². The number of amides is 2. The summed E-state index contributed by atoms with van der Waals surface area (Å²) in [5.74, 6) is -1.66. The number of hydrazine groups is 1. The highest BCUT2D eigenvalue weighted by Gasteiger charge is 2.56. The van der Waals surface area contributed by atoms with E-state index < -0.39 is 22.1 Å². The van der Waals surface area contributed by atoms with Gasteiger partial charge >= 0.3 is 0 Å². The van der Waals surface area contributed by atoms with Crippen LogP contribution in [0, 0.1) is 5.92 Å². The molecule has 0 bridgehead atoms. The van der Waals surface area contributed by atoms with E-state index in [1.54, 1.807) is 31.2 Å². The Labute approximate surface area is 146 Å². The van der Waals surface area contributed by atoms with Crippen molar-refractivity contribution in [1.82, 2.24) is 20.6 Å². The molecule has 1 fully saturated rings. The fourth-order valence-electron chi connectivity index (χ4n) is 2.38. The SMILES string of the molecule is CCn1nc(C(=O)NNC(=O)[C@H]2CC2(Cl)Cl)c2ccccc2c1=O. The molecule has 3 rings (SSSR count). The zero-order chi connectivity index (χ0) is 17.5. The number of carbonyl (C=O) groups is 2. The molecule has 1 aromatic heterocycles. The maximum atomic E-state index is 12.4. The van der Waals surface area contributed by atoms with Crippen LogP contribution in [-0.2, 0) is 11.3 Å². The van der Waals surface area contributed by atoms with Crippen LogP contribution in [-0.4, -0.2) is 25.9 Å². The van der Waals surface area contributed by atoms with Gasteiger partial charge in [0.15, 0.2) is 5.69 Å². The van der Waals surface area contributed by atoms with Gasteiger partial charge in [-0.1, -0.05) is 18.2 Å². The molecule has 1 aliphatic carbocycles. The number of alkyl halides is 2. The van der Waals surface area contributed by atoms with Crippen LogP contribution in [0.4, 0.5) is 0 Å². The minimum absolute atomic E-state index is 0.0474. The molecule has 24 heavy (non-hydrogen) atoms. The average Bonchev–Trinajstić information content (AvgIpc) is 3.21. The molecule has 1 atom stereocenters. The van der Waals surface area contributed by atoms with Crippen molar-refractivity contribution in [3.05, 3.63) is 40.3 Å². The monoisotopic (exact) mass is 368 g/mol. The van der Waals surface area contributed by atoms with E-state index in [1.807, 2.05) is 0 Å². The lowest BCUT2D eigenvalue weighted by molar-refractivity contribution is -0.123. The molecule has 0 aliphatic heterocycles. The summed E-state index contributed by atoms with van der Waals surface area (Å²) >= 11 is 11.6. The molecule has 7 nitrogen and oxygen atoms in total. The van der Waals surface area contributed by atoms with Gasteiger partial charge in [-0.25, -0.2) is 4.68 Å². The highest BCUT2D eigenvalue weighted by molar-refractivity contribution is 6.52. The Morgan fingerprint density at radius 2 is 1.92 bits per heavy atom. The summed E-state index contributed by atoms with van der Waals surface area (Å²) in [6.07, 6.45) is 0.333. The first kappa shape index (κ1) is 16.7. The van der Waals surface area contributed by atoms with E-state index in [0.29, 0.717) is 23.7 Å². The Morgan fingerprint density at radius 3 is 2.50 bits per heavy atom. The lowest BCUT2D eigenvalue weighted by Gasteiger charge is -2.11. The van der Waals surface area contributed by atoms with Crippen LogP contribution in [0.15, 0.2) is 29.1 Å². The van der Waals surface area contributed by atoms with Gasteiger partial charge in [-0.2, -0.15) is 5.10 Å². The molecule has 0 unspecified atom stereocenters. The van der Waals surface area contributed by atoms with Crippen molar-refractivity contribution in [2.75, 3.05) is 0 Å². The number of fused-ring (bicyclic) bond motifs is 1. The Bertz CT molecular complexity index is 894. The minimum Gasteiger partial charge on any atom is -0.273 e. The van der Waals surface area contributed by atoms with E-state index in [4.69, 9.17) is 23.2 Å². The van der Waals surface area contributed by atoms with E-state index in [2.05, 4.69) is 16.0 Å². The molecule has 9 heteroatoms. The lowest BCUT2D eigenvalue weighted by Crippen LogP contribution is -2.44. The number of carbonyl (C=O) groups excluding carboxylic acids is 2. The average molecular weight is 369 g/mol. The van der Waals surface area contributed by atoms with Crippen LogP contribution in [0.3, 0.4) is 0 Å². The van der Waals surface area contributed by atoms with E-state index in [-0.39, 0.29) is 11.3 Å². The van der Waals surface area contributed by atoms with E-state index in [1.165, 1.54) is 4.68 Å². The third-order valence-electron chi connectivity index (χ3n) is 3.82. The smallest absolute Gasteiger partial charge is 0.273 e.